The number of fused-ring (bicyclic) bond motifs is 1. The number of aromatic nitrogens is 1. The molecular weight excluding hydrogens is 442 g/mol. The molecule has 1 aliphatic heterocycles. The lowest BCUT2D eigenvalue weighted by molar-refractivity contribution is -0.139. The van der Waals surface area contributed by atoms with E-state index in [9.17, 15) is 4.79 Å². The zero-order valence-electron chi connectivity index (χ0n) is 18.9. The third kappa shape index (κ3) is 5.42. The molecule has 0 spiro atoms. The van der Waals surface area contributed by atoms with Gasteiger partial charge in [0.25, 0.3) is 0 Å². The predicted octanol–water partition coefficient (Wildman–Crippen LogP) is 5.54. The second-order valence-electron chi connectivity index (χ2n) is 8.67. The molecule has 0 radical (unpaired) electrons. The molecule has 0 atom stereocenters. The van der Waals surface area contributed by atoms with Crippen molar-refractivity contribution >= 4 is 44.3 Å². The van der Waals surface area contributed by atoms with Crippen LogP contribution in [0.5, 0.6) is 0 Å². The number of hydrogen-bond donors (Lipinski definition) is 0. The number of nitrogens with zero attached hydrogens (tertiary/aromatic N) is 3. The smallest absolute Gasteiger partial charge is 0.309 e. The van der Waals surface area contributed by atoms with Gasteiger partial charge in [0, 0.05) is 36.7 Å². The molecule has 1 aliphatic rings. The van der Waals surface area contributed by atoms with Crippen molar-refractivity contribution in [1.82, 2.24) is 9.88 Å². The average Bonchev–Trinajstić information content (AvgIpc) is 3.21. The summed E-state index contributed by atoms with van der Waals surface area (Å²) in [5, 5.41) is 1.85. The minimum absolute atomic E-state index is 0.202. The Morgan fingerprint density at radius 3 is 2.69 bits per heavy atom. The van der Waals surface area contributed by atoms with Gasteiger partial charge in [0.05, 0.1) is 23.7 Å². The highest BCUT2D eigenvalue weighted by molar-refractivity contribution is 7.22. The summed E-state index contributed by atoms with van der Waals surface area (Å²) in [5.74, 6) is -0.202. The maximum atomic E-state index is 11.6. The highest BCUT2D eigenvalue weighted by Gasteiger charge is 2.27. The summed E-state index contributed by atoms with van der Waals surface area (Å²) in [7, 11) is 1.43. The van der Waals surface area contributed by atoms with E-state index in [1.54, 1.807) is 11.3 Å². The van der Waals surface area contributed by atoms with Crippen molar-refractivity contribution in [2.75, 3.05) is 25.1 Å². The molecule has 1 saturated heterocycles. The summed E-state index contributed by atoms with van der Waals surface area (Å²) in [6.07, 6.45) is 2.53. The second-order valence-corrected chi connectivity index (χ2v) is 10.1. The summed E-state index contributed by atoms with van der Waals surface area (Å²) in [6.45, 7) is 7.43. The fraction of sp³-hybridized carbons (Fsp3) is 0.440. The topological polar surface area (TPSA) is 45.7 Å². The summed E-state index contributed by atoms with van der Waals surface area (Å²) >= 11 is 7.87. The van der Waals surface area contributed by atoms with Crippen LogP contribution in [-0.2, 0) is 22.5 Å². The van der Waals surface area contributed by atoms with Crippen molar-refractivity contribution in [1.29, 1.82) is 0 Å². The number of rotatable bonds is 7. The Hall–Kier alpha value is -2.15. The fourth-order valence-corrected chi connectivity index (χ4v) is 5.72. The van der Waals surface area contributed by atoms with Gasteiger partial charge in [0.1, 0.15) is 0 Å². The first-order chi connectivity index (χ1) is 15.4. The van der Waals surface area contributed by atoms with Gasteiger partial charge in [-0.15, -0.1) is 0 Å². The van der Waals surface area contributed by atoms with E-state index >= 15 is 0 Å². The number of benzene rings is 2. The monoisotopic (exact) mass is 471 g/mol. The van der Waals surface area contributed by atoms with E-state index < -0.39 is 0 Å². The third-order valence-electron chi connectivity index (χ3n) is 6.14. The van der Waals surface area contributed by atoms with Gasteiger partial charge >= 0.3 is 5.97 Å². The van der Waals surface area contributed by atoms with Gasteiger partial charge in [0.2, 0.25) is 0 Å². The minimum Gasteiger partial charge on any atom is -0.469 e. The van der Waals surface area contributed by atoms with Crippen LogP contribution >= 0.6 is 22.9 Å². The van der Waals surface area contributed by atoms with Crippen LogP contribution in [0.15, 0.2) is 42.5 Å². The number of anilines is 1. The van der Waals surface area contributed by atoms with Gasteiger partial charge in [-0.2, -0.15) is 0 Å². The minimum atomic E-state index is -0.202. The lowest BCUT2D eigenvalue weighted by Crippen LogP contribution is -2.47. The molecule has 1 aromatic heterocycles. The van der Waals surface area contributed by atoms with E-state index in [0.29, 0.717) is 18.5 Å². The maximum Gasteiger partial charge on any atom is 0.309 e. The third-order valence-corrected chi connectivity index (χ3v) is 7.45. The van der Waals surface area contributed by atoms with Crippen LogP contribution in [-0.4, -0.2) is 48.1 Å². The van der Waals surface area contributed by atoms with Crippen molar-refractivity contribution in [2.24, 2.45) is 0 Å². The summed E-state index contributed by atoms with van der Waals surface area (Å²) in [5.41, 5.74) is 3.27. The van der Waals surface area contributed by atoms with Crippen LogP contribution in [0.25, 0.3) is 10.2 Å². The molecular formula is C25H30ClN3O2S. The molecule has 0 amide bonds. The molecule has 0 saturated carbocycles. The Bertz CT molecular complexity index is 1080. The van der Waals surface area contributed by atoms with Crippen LogP contribution in [0.3, 0.4) is 0 Å². The van der Waals surface area contributed by atoms with Crippen molar-refractivity contribution in [2.45, 2.75) is 51.7 Å². The molecule has 1 fully saturated rings. The molecule has 3 aromatic rings. The first-order valence-corrected chi connectivity index (χ1v) is 12.3. The SMILES string of the molecule is COC(=O)Cc1cccc(CN(C(C)C)C2CCN(c3nc4ccc(Cl)cc4s3)CC2)c1. The number of halogens is 1. The van der Waals surface area contributed by atoms with E-state index in [4.69, 9.17) is 21.3 Å². The van der Waals surface area contributed by atoms with Gasteiger partial charge < -0.3 is 9.64 Å². The Labute approximate surface area is 199 Å². The van der Waals surface area contributed by atoms with E-state index in [-0.39, 0.29) is 5.97 Å². The van der Waals surface area contributed by atoms with Crippen LogP contribution in [0.4, 0.5) is 5.13 Å². The molecule has 4 rings (SSSR count). The Morgan fingerprint density at radius 2 is 1.97 bits per heavy atom. The average molecular weight is 472 g/mol. The van der Waals surface area contributed by atoms with Crippen LogP contribution in [0.2, 0.25) is 5.02 Å². The normalized spacial score (nSPS) is 15.1. The summed E-state index contributed by atoms with van der Waals surface area (Å²) in [6, 6.07) is 15.2. The molecule has 32 heavy (non-hydrogen) atoms. The number of carbonyl (C=O) groups excluding carboxylic acids is 1. The molecule has 0 N–H and O–H groups in total. The number of methoxy groups -OCH3 is 1. The lowest BCUT2D eigenvalue weighted by Gasteiger charge is -2.40. The van der Waals surface area contributed by atoms with E-state index in [1.165, 1.54) is 12.7 Å². The lowest BCUT2D eigenvalue weighted by atomic mass is 10.00. The number of esters is 1. The second kappa shape index (κ2) is 10.2. The number of thiazole rings is 1. The molecule has 0 bridgehead atoms. The predicted molar refractivity (Wildman–Crippen MR) is 133 cm³/mol. The van der Waals surface area contributed by atoms with Crippen LogP contribution in [0.1, 0.15) is 37.8 Å². The molecule has 2 heterocycles. The Balaban J connectivity index is 1.41. The van der Waals surface area contributed by atoms with E-state index in [2.05, 4.69) is 35.8 Å². The van der Waals surface area contributed by atoms with E-state index in [1.807, 2.05) is 30.3 Å². The molecule has 7 heteroatoms. The van der Waals surface area contributed by atoms with Gasteiger partial charge in [-0.05, 0) is 56.0 Å². The van der Waals surface area contributed by atoms with Crippen molar-refractivity contribution < 1.29 is 9.53 Å². The zero-order chi connectivity index (χ0) is 22.7. The fourth-order valence-electron chi connectivity index (χ4n) is 4.43. The molecule has 2 aromatic carbocycles. The molecule has 0 aliphatic carbocycles. The first kappa shape index (κ1) is 23.0. The van der Waals surface area contributed by atoms with E-state index in [0.717, 1.165) is 58.4 Å². The number of hydrogen-bond acceptors (Lipinski definition) is 6. The number of ether oxygens (including phenoxy) is 1. The van der Waals surface area contributed by atoms with Gasteiger partial charge in [0.15, 0.2) is 5.13 Å². The van der Waals surface area contributed by atoms with Crippen LogP contribution in [0, 0.1) is 0 Å². The highest BCUT2D eigenvalue weighted by Crippen LogP contribution is 2.33. The standard InChI is InChI=1S/C25H30ClN3O2S/c1-17(2)29(16-19-6-4-5-18(13-19)14-24(30)31-3)21-9-11-28(12-10-21)25-27-22-8-7-20(26)15-23(22)32-25/h4-8,13,15,17,21H,9-12,14,16H2,1-3H3. The largest absolute Gasteiger partial charge is 0.469 e. The van der Waals surface area contributed by atoms with Crippen LogP contribution < -0.4 is 4.90 Å². The maximum absolute atomic E-state index is 11.6. The number of carbonyl (C=O) groups is 1. The van der Waals surface area contributed by atoms with Gasteiger partial charge in [-0.1, -0.05) is 47.2 Å². The molecule has 5 nitrogen and oxygen atoms in total. The Kier molecular flexibility index (Phi) is 7.33. The molecule has 0 unspecified atom stereocenters. The van der Waals surface area contributed by atoms with Gasteiger partial charge in [-0.3, -0.25) is 9.69 Å². The van der Waals surface area contributed by atoms with Crippen molar-refractivity contribution in [3.05, 3.63) is 58.6 Å². The zero-order valence-corrected chi connectivity index (χ0v) is 20.5. The highest BCUT2D eigenvalue weighted by atomic mass is 35.5. The summed E-state index contributed by atoms with van der Waals surface area (Å²) < 4.78 is 5.96. The summed E-state index contributed by atoms with van der Waals surface area (Å²) in [4.78, 5) is 21.5. The first-order valence-electron chi connectivity index (χ1n) is 11.1. The Morgan fingerprint density at radius 1 is 1.22 bits per heavy atom. The quantitative estimate of drug-likeness (QED) is 0.423. The van der Waals surface area contributed by atoms with Crippen molar-refractivity contribution in [3.8, 4) is 0 Å². The number of piperidine rings is 1. The van der Waals surface area contributed by atoms with Gasteiger partial charge in [-0.25, -0.2) is 4.98 Å². The molecule has 170 valence electrons. The van der Waals surface area contributed by atoms with Crippen molar-refractivity contribution in [3.63, 3.8) is 0 Å².